The Morgan fingerprint density at radius 2 is 2.15 bits per heavy atom. The lowest BCUT2D eigenvalue weighted by Gasteiger charge is -2.07. The molecule has 1 aromatic heterocycles. The summed E-state index contributed by atoms with van der Waals surface area (Å²) in [5.41, 5.74) is 0. The highest BCUT2D eigenvalue weighted by molar-refractivity contribution is 5.05. The molecule has 0 aliphatic heterocycles. The highest BCUT2D eigenvalue weighted by Gasteiger charge is 2.30. The van der Waals surface area contributed by atoms with Gasteiger partial charge < -0.3 is 9.63 Å². The number of aliphatic hydroxyl groups excluding tert-OH is 1. The zero-order chi connectivity index (χ0) is 9.42. The summed E-state index contributed by atoms with van der Waals surface area (Å²) in [6.07, 6.45) is 1.90. The molecule has 13 heavy (non-hydrogen) atoms. The van der Waals surface area contributed by atoms with E-state index >= 15 is 0 Å². The monoisotopic (exact) mass is 182 g/mol. The molecule has 1 aliphatic carbocycles. The van der Waals surface area contributed by atoms with Gasteiger partial charge in [0.1, 0.15) is 0 Å². The number of rotatable bonds is 3. The zero-order valence-corrected chi connectivity index (χ0v) is 7.90. The lowest BCUT2D eigenvalue weighted by Crippen LogP contribution is -2.11. The summed E-state index contributed by atoms with van der Waals surface area (Å²) in [6, 6.07) is 0. The van der Waals surface area contributed by atoms with Gasteiger partial charge in [0.25, 0.3) is 0 Å². The number of hydrogen-bond acceptors (Lipinski definition) is 4. The Bertz CT molecular complexity index is 292. The van der Waals surface area contributed by atoms with Crippen molar-refractivity contribution in [3.63, 3.8) is 0 Å². The Hall–Kier alpha value is -0.900. The third-order valence-corrected chi connectivity index (χ3v) is 2.51. The summed E-state index contributed by atoms with van der Waals surface area (Å²) in [4.78, 5) is 4.26. The van der Waals surface area contributed by atoms with Crippen molar-refractivity contribution in [2.45, 2.75) is 44.6 Å². The largest absolute Gasteiger partial charge is 0.393 e. The van der Waals surface area contributed by atoms with E-state index in [-0.39, 0.29) is 5.92 Å². The first-order chi connectivity index (χ1) is 6.18. The van der Waals surface area contributed by atoms with Crippen LogP contribution in [0.1, 0.15) is 50.2 Å². The number of nitrogens with zero attached hydrogens (tertiary/aromatic N) is 2. The Kier molecular flexibility index (Phi) is 2.07. The minimum atomic E-state index is -0.437. The standard InChI is InChI=1S/C9H14N2O2/c1-5(6(2)12)9-10-8(11-13-9)7-3-4-7/h5-7,12H,3-4H2,1-2H3. The van der Waals surface area contributed by atoms with Gasteiger partial charge >= 0.3 is 0 Å². The van der Waals surface area contributed by atoms with Gasteiger partial charge in [-0.25, -0.2) is 0 Å². The highest BCUT2D eigenvalue weighted by Crippen LogP contribution is 2.38. The third kappa shape index (κ3) is 1.72. The maximum atomic E-state index is 9.31. The maximum absolute atomic E-state index is 9.31. The van der Waals surface area contributed by atoms with Gasteiger partial charge in [-0.05, 0) is 19.8 Å². The SMILES string of the molecule is CC(O)C(C)c1nc(C2CC2)no1. The van der Waals surface area contributed by atoms with Crippen LogP contribution >= 0.6 is 0 Å². The first kappa shape index (κ1) is 8.69. The second kappa shape index (κ2) is 3.10. The molecular weight excluding hydrogens is 168 g/mol. The van der Waals surface area contributed by atoms with Crippen molar-refractivity contribution >= 4 is 0 Å². The molecule has 0 amide bonds. The smallest absolute Gasteiger partial charge is 0.232 e. The third-order valence-electron chi connectivity index (χ3n) is 2.51. The minimum Gasteiger partial charge on any atom is -0.393 e. The number of aliphatic hydroxyl groups is 1. The molecule has 1 saturated carbocycles. The van der Waals surface area contributed by atoms with Gasteiger partial charge in [0.2, 0.25) is 5.89 Å². The van der Waals surface area contributed by atoms with Gasteiger partial charge in [-0.1, -0.05) is 12.1 Å². The van der Waals surface area contributed by atoms with Crippen LogP contribution in [0.15, 0.2) is 4.52 Å². The average molecular weight is 182 g/mol. The summed E-state index contributed by atoms with van der Waals surface area (Å²) >= 11 is 0. The van der Waals surface area contributed by atoms with Gasteiger partial charge in [-0.3, -0.25) is 0 Å². The van der Waals surface area contributed by atoms with Crippen molar-refractivity contribution < 1.29 is 9.63 Å². The molecule has 72 valence electrons. The molecule has 1 heterocycles. The average Bonchev–Trinajstić information content (AvgIpc) is 2.83. The summed E-state index contributed by atoms with van der Waals surface area (Å²) in [5, 5.41) is 13.2. The van der Waals surface area contributed by atoms with E-state index in [9.17, 15) is 5.11 Å². The minimum absolute atomic E-state index is 0.0694. The summed E-state index contributed by atoms with van der Waals surface area (Å²) < 4.78 is 5.07. The molecule has 0 spiro atoms. The van der Waals surface area contributed by atoms with Crippen LogP contribution in [-0.4, -0.2) is 21.4 Å². The fourth-order valence-corrected chi connectivity index (χ4v) is 1.15. The molecule has 0 bridgehead atoms. The van der Waals surface area contributed by atoms with Gasteiger partial charge in [0.05, 0.1) is 12.0 Å². The molecule has 1 N–H and O–H groups in total. The molecule has 2 atom stereocenters. The predicted octanol–water partition coefficient (Wildman–Crippen LogP) is 1.43. The first-order valence-corrected chi connectivity index (χ1v) is 4.70. The quantitative estimate of drug-likeness (QED) is 0.768. The van der Waals surface area contributed by atoms with E-state index in [4.69, 9.17) is 4.52 Å². The fourth-order valence-electron chi connectivity index (χ4n) is 1.15. The van der Waals surface area contributed by atoms with Crippen molar-refractivity contribution in [1.29, 1.82) is 0 Å². The van der Waals surface area contributed by atoms with Crippen LogP contribution in [0.4, 0.5) is 0 Å². The molecule has 2 rings (SSSR count). The van der Waals surface area contributed by atoms with E-state index in [2.05, 4.69) is 10.1 Å². The van der Waals surface area contributed by atoms with Crippen LogP contribution in [0.2, 0.25) is 0 Å². The highest BCUT2D eigenvalue weighted by atomic mass is 16.5. The van der Waals surface area contributed by atoms with E-state index < -0.39 is 6.10 Å². The molecule has 1 aromatic rings. The Morgan fingerprint density at radius 1 is 1.46 bits per heavy atom. The molecule has 1 aliphatic rings. The van der Waals surface area contributed by atoms with Gasteiger partial charge in [0, 0.05) is 5.92 Å². The van der Waals surface area contributed by atoms with Crippen molar-refractivity contribution in [2.24, 2.45) is 0 Å². The van der Waals surface area contributed by atoms with E-state index in [0.29, 0.717) is 11.8 Å². The van der Waals surface area contributed by atoms with E-state index in [0.717, 1.165) is 5.82 Å². The van der Waals surface area contributed by atoms with Crippen LogP contribution < -0.4 is 0 Å². The van der Waals surface area contributed by atoms with Crippen LogP contribution in [-0.2, 0) is 0 Å². The van der Waals surface area contributed by atoms with Crippen molar-refractivity contribution in [1.82, 2.24) is 10.1 Å². The Balaban J connectivity index is 2.11. The lowest BCUT2D eigenvalue weighted by atomic mass is 10.1. The lowest BCUT2D eigenvalue weighted by molar-refractivity contribution is 0.151. The number of aromatic nitrogens is 2. The normalized spacial score (nSPS) is 21.5. The summed E-state index contributed by atoms with van der Waals surface area (Å²) in [5.74, 6) is 1.80. The van der Waals surface area contributed by atoms with Crippen LogP contribution in [0, 0.1) is 0 Å². The van der Waals surface area contributed by atoms with E-state index in [1.54, 1.807) is 6.92 Å². The molecule has 0 aromatic carbocycles. The van der Waals surface area contributed by atoms with Gasteiger partial charge in [0.15, 0.2) is 5.82 Å². The molecular formula is C9H14N2O2. The van der Waals surface area contributed by atoms with Crippen molar-refractivity contribution in [3.8, 4) is 0 Å². The van der Waals surface area contributed by atoms with E-state index in [1.807, 2.05) is 6.92 Å². The van der Waals surface area contributed by atoms with Crippen molar-refractivity contribution in [2.75, 3.05) is 0 Å². The molecule has 4 nitrogen and oxygen atoms in total. The predicted molar refractivity (Wildman–Crippen MR) is 46.4 cm³/mol. The zero-order valence-electron chi connectivity index (χ0n) is 7.90. The molecule has 1 fully saturated rings. The fraction of sp³-hybridized carbons (Fsp3) is 0.778. The summed E-state index contributed by atoms with van der Waals surface area (Å²) in [7, 11) is 0. The first-order valence-electron chi connectivity index (χ1n) is 4.70. The van der Waals surface area contributed by atoms with Crippen LogP contribution in [0.25, 0.3) is 0 Å². The van der Waals surface area contributed by atoms with E-state index in [1.165, 1.54) is 12.8 Å². The Morgan fingerprint density at radius 3 is 2.69 bits per heavy atom. The van der Waals surface area contributed by atoms with Gasteiger partial charge in [-0.2, -0.15) is 4.98 Å². The molecule has 0 radical (unpaired) electrons. The summed E-state index contributed by atoms with van der Waals surface area (Å²) in [6.45, 7) is 3.61. The number of hydrogen-bond donors (Lipinski definition) is 1. The van der Waals surface area contributed by atoms with Crippen LogP contribution in [0.5, 0.6) is 0 Å². The maximum Gasteiger partial charge on any atom is 0.232 e. The van der Waals surface area contributed by atoms with Gasteiger partial charge in [-0.15, -0.1) is 0 Å². The molecule has 0 saturated heterocycles. The van der Waals surface area contributed by atoms with Crippen LogP contribution in [0.3, 0.4) is 0 Å². The second-order valence-corrected chi connectivity index (χ2v) is 3.79. The Labute approximate surface area is 77.0 Å². The molecule has 4 heteroatoms. The molecule has 2 unspecified atom stereocenters. The topological polar surface area (TPSA) is 59.2 Å². The van der Waals surface area contributed by atoms with Crippen molar-refractivity contribution in [3.05, 3.63) is 11.7 Å². The second-order valence-electron chi connectivity index (χ2n) is 3.79.